The zero-order valence-electron chi connectivity index (χ0n) is 8.85. The zero-order valence-corrected chi connectivity index (χ0v) is 9.61. The third-order valence-corrected chi connectivity index (χ3v) is 2.48. The Labute approximate surface area is 102 Å². The molecule has 0 unspecified atom stereocenters. The number of amides is 1. The first-order valence-corrected chi connectivity index (χ1v) is 5.48. The molecule has 1 aromatic carbocycles. The number of aromatic nitrogens is 4. The van der Waals surface area contributed by atoms with E-state index in [4.69, 9.17) is 11.6 Å². The molecule has 88 valence electrons. The molecule has 0 radical (unpaired) electrons. The molecule has 1 heterocycles. The number of alkyl halides is 1. The number of aromatic amines is 1. The van der Waals surface area contributed by atoms with Gasteiger partial charge in [-0.05, 0) is 17.7 Å². The highest BCUT2D eigenvalue weighted by atomic mass is 35.5. The number of nitrogens with zero attached hydrogens (tertiary/aromatic N) is 3. The Hall–Kier alpha value is -1.95. The van der Waals surface area contributed by atoms with E-state index in [9.17, 15) is 4.79 Å². The Morgan fingerprint density at radius 1 is 1.35 bits per heavy atom. The second-order valence-corrected chi connectivity index (χ2v) is 3.61. The molecule has 0 aliphatic carbocycles. The van der Waals surface area contributed by atoms with Crippen LogP contribution < -0.4 is 5.32 Å². The van der Waals surface area contributed by atoms with Crippen LogP contribution in [-0.4, -0.2) is 26.5 Å². The number of hydrogen-bond donors (Lipinski definition) is 2. The molecule has 1 aromatic heterocycles. The van der Waals surface area contributed by atoms with Crippen molar-refractivity contribution in [3.8, 4) is 0 Å². The highest BCUT2D eigenvalue weighted by Gasteiger charge is 2.06. The van der Waals surface area contributed by atoms with Crippen LogP contribution in [0.5, 0.6) is 0 Å². The van der Waals surface area contributed by atoms with Crippen LogP contribution in [0, 0.1) is 0 Å². The molecule has 0 aliphatic rings. The highest BCUT2D eigenvalue weighted by Crippen LogP contribution is 2.06. The third kappa shape index (κ3) is 3.01. The number of benzene rings is 1. The lowest BCUT2D eigenvalue weighted by Crippen LogP contribution is -2.23. The standard InChI is InChI=1S/C10H10ClN5O/c11-5-7-1-3-8(4-2-7)10(17)12-6-9-13-15-16-14-9/h1-4H,5-6H2,(H,12,17)(H,13,14,15,16). The number of carbonyl (C=O) groups is 1. The molecule has 0 aliphatic heterocycles. The summed E-state index contributed by atoms with van der Waals surface area (Å²) in [4.78, 5) is 11.7. The average Bonchev–Trinajstić information content (AvgIpc) is 2.89. The Balaban J connectivity index is 1.95. The monoisotopic (exact) mass is 251 g/mol. The van der Waals surface area contributed by atoms with E-state index >= 15 is 0 Å². The van der Waals surface area contributed by atoms with Crippen LogP contribution in [0.1, 0.15) is 21.7 Å². The topological polar surface area (TPSA) is 83.6 Å². The summed E-state index contributed by atoms with van der Waals surface area (Å²) in [5.41, 5.74) is 1.55. The lowest BCUT2D eigenvalue weighted by Gasteiger charge is -2.03. The molecule has 0 spiro atoms. The minimum atomic E-state index is -0.184. The summed E-state index contributed by atoms with van der Waals surface area (Å²) in [5.74, 6) is 0.691. The van der Waals surface area contributed by atoms with Crippen LogP contribution in [0.25, 0.3) is 0 Å². The second kappa shape index (κ2) is 5.40. The van der Waals surface area contributed by atoms with Crippen LogP contribution in [0.3, 0.4) is 0 Å². The van der Waals surface area contributed by atoms with E-state index < -0.39 is 0 Å². The third-order valence-electron chi connectivity index (χ3n) is 2.17. The van der Waals surface area contributed by atoms with Crippen molar-refractivity contribution in [3.05, 3.63) is 41.2 Å². The molecule has 6 nitrogen and oxygen atoms in total. The molecule has 0 fully saturated rings. The van der Waals surface area contributed by atoms with Gasteiger partial charge in [0, 0.05) is 11.4 Å². The molecule has 0 atom stereocenters. The highest BCUT2D eigenvalue weighted by molar-refractivity contribution is 6.17. The summed E-state index contributed by atoms with van der Waals surface area (Å²) in [7, 11) is 0. The van der Waals surface area contributed by atoms with Crippen LogP contribution in [-0.2, 0) is 12.4 Å². The van der Waals surface area contributed by atoms with Gasteiger partial charge in [0.15, 0.2) is 5.82 Å². The normalized spacial score (nSPS) is 10.2. The maximum Gasteiger partial charge on any atom is 0.251 e. The number of halogens is 1. The van der Waals surface area contributed by atoms with Crippen LogP contribution in [0.15, 0.2) is 24.3 Å². The van der Waals surface area contributed by atoms with Crippen molar-refractivity contribution in [1.82, 2.24) is 25.9 Å². The van der Waals surface area contributed by atoms with Crippen LogP contribution in [0.2, 0.25) is 0 Å². The van der Waals surface area contributed by atoms with Crippen molar-refractivity contribution in [3.63, 3.8) is 0 Å². The molecular weight excluding hydrogens is 242 g/mol. The number of tetrazole rings is 1. The van der Waals surface area contributed by atoms with E-state index in [-0.39, 0.29) is 12.5 Å². The van der Waals surface area contributed by atoms with Gasteiger partial charge in [-0.3, -0.25) is 4.79 Å². The maximum absolute atomic E-state index is 11.7. The summed E-state index contributed by atoms with van der Waals surface area (Å²) < 4.78 is 0. The number of hydrogen-bond acceptors (Lipinski definition) is 4. The Morgan fingerprint density at radius 3 is 2.71 bits per heavy atom. The Kier molecular flexibility index (Phi) is 3.66. The Bertz CT molecular complexity index is 482. The van der Waals surface area contributed by atoms with Gasteiger partial charge in [0.25, 0.3) is 5.91 Å². The van der Waals surface area contributed by atoms with E-state index in [1.54, 1.807) is 12.1 Å². The molecule has 2 N–H and O–H groups in total. The molecule has 17 heavy (non-hydrogen) atoms. The summed E-state index contributed by atoms with van der Waals surface area (Å²) in [5, 5.41) is 15.8. The number of nitrogens with one attached hydrogen (secondary N) is 2. The molecule has 7 heteroatoms. The van der Waals surface area contributed by atoms with Gasteiger partial charge in [0.2, 0.25) is 0 Å². The van der Waals surface area contributed by atoms with Crippen LogP contribution in [0.4, 0.5) is 0 Å². The second-order valence-electron chi connectivity index (χ2n) is 3.34. The summed E-state index contributed by atoms with van der Waals surface area (Å²) in [6.07, 6.45) is 0. The van der Waals surface area contributed by atoms with E-state index in [1.165, 1.54) is 0 Å². The van der Waals surface area contributed by atoms with Gasteiger partial charge in [-0.15, -0.1) is 21.8 Å². The van der Waals surface area contributed by atoms with Gasteiger partial charge in [-0.2, -0.15) is 5.21 Å². The molecule has 0 bridgehead atoms. The molecule has 1 amide bonds. The predicted molar refractivity (Wildman–Crippen MR) is 61.3 cm³/mol. The van der Waals surface area contributed by atoms with Crippen LogP contribution >= 0.6 is 11.6 Å². The summed E-state index contributed by atoms with van der Waals surface area (Å²) >= 11 is 5.66. The first kappa shape index (κ1) is 11.5. The fourth-order valence-corrected chi connectivity index (χ4v) is 1.44. The average molecular weight is 252 g/mol. The largest absolute Gasteiger partial charge is 0.345 e. The van der Waals surface area contributed by atoms with Crippen molar-refractivity contribution in [2.45, 2.75) is 12.4 Å². The minimum absolute atomic E-state index is 0.184. The summed E-state index contributed by atoms with van der Waals surface area (Å²) in [6, 6.07) is 7.08. The first-order valence-electron chi connectivity index (χ1n) is 4.95. The molecule has 0 saturated heterocycles. The van der Waals surface area contributed by atoms with Crippen molar-refractivity contribution in [2.24, 2.45) is 0 Å². The number of carbonyl (C=O) groups excluding carboxylic acids is 1. The lowest BCUT2D eigenvalue weighted by atomic mass is 10.1. The predicted octanol–water partition coefficient (Wildman–Crippen LogP) is 0.868. The lowest BCUT2D eigenvalue weighted by molar-refractivity contribution is 0.0950. The van der Waals surface area contributed by atoms with Crippen molar-refractivity contribution < 1.29 is 4.79 Å². The van der Waals surface area contributed by atoms with Crippen molar-refractivity contribution >= 4 is 17.5 Å². The molecule has 2 rings (SSSR count). The fraction of sp³-hybridized carbons (Fsp3) is 0.200. The zero-order chi connectivity index (χ0) is 12.1. The van der Waals surface area contributed by atoms with Gasteiger partial charge in [-0.25, -0.2) is 0 Å². The van der Waals surface area contributed by atoms with Gasteiger partial charge >= 0.3 is 0 Å². The maximum atomic E-state index is 11.7. The quantitative estimate of drug-likeness (QED) is 0.790. The fourth-order valence-electron chi connectivity index (χ4n) is 1.26. The first-order chi connectivity index (χ1) is 8.29. The Morgan fingerprint density at radius 2 is 2.12 bits per heavy atom. The van der Waals surface area contributed by atoms with Gasteiger partial charge in [0.05, 0.1) is 6.54 Å². The van der Waals surface area contributed by atoms with E-state index in [0.717, 1.165) is 5.56 Å². The number of rotatable bonds is 4. The summed E-state index contributed by atoms with van der Waals surface area (Å²) in [6.45, 7) is 0.243. The van der Waals surface area contributed by atoms with Crippen molar-refractivity contribution in [1.29, 1.82) is 0 Å². The van der Waals surface area contributed by atoms with Gasteiger partial charge < -0.3 is 5.32 Å². The van der Waals surface area contributed by atoms with E-state index in [0.29, 0.717) is 17.3 Å². The molecule has 0 saturated carbocycles. The number of H-pyrrole nitrogens is 1. The van der Waals surface area contributed by atoms with E-state index in [1.807, 2.05) is 12.1 Å². The van der Waals surface area contributed by atoms with Gasteiger partial charge in [0.1, 0.15) is 0 Å². The minimum Gasteiger partial charge on any atom is -0.345 e. The van der Waals surface area contributed by atoms with E-state index in [2.05, 4.69) is 25.9 Å². The molecule has 2 aromatic rings. The van der Waals surface area contributed by atoms with Gasteiger partial charge in [-0.1, -0.05) is 17.3 Å². The SMILES string of the molecule is O=C(NCc1nn[nH]n1)c1ccc(CCl)cc1. The van der Waals surface area contributed by atoms with Crippen molar-refractivity contribution in [2.75, 3.05) is 0 Å². The molecular formula is C10H10ClN5O. The smallest absolute Gasteiger partial charge is 0.251 e.